The normalized spacial score (nSPS) is 12.1. The molecule has 11 heteroatoms. The first-order valence-corrected chi connectivity index (χ1v) is 9.52. The number of aromatic nitrogens is 1. The van der Waals surface area contributed by atoms with Crippen molar-refractivity contribution in [2.45, 2.75) is 32.7 Å². The van der Waals surface area contributed by atoms with E-state index in [1.54, 1.807) is 12.1 Å². The summed E-state index contributed by atoms with van der Waals surface area (Å²) < 4.78 is 51.8. The first kappa shape index (κ1) is 25.6. The van der Waals surface area contributed by atoms with Gasteiger partial charge in [-0.1, -0.05) is 6.07 Å². The van der Waals surface area contributed by atoms with Gasteiger partial charge in [-0.2, -0.15) is 13.2 Å². The molecule has 0 aliphatic carbocycles. The van der Waals surface area contributed by atoms with Crippen molar-refractivity contribution in [3.8, 4) is 0 Å². The third-order valence-electron chi connectivity index (χ3n) is 3.61. The lowest BCUT2D eigenvalue weighted by Crippen LogP contribution is -2.36. The standard InChI is InChI=1S/C18H23F4N5S.HI/c1-4-23-17(25-9-16-26-15(11-28-16)18(20,21)22)24-8-12-5-6-14(19)13(7-12)10-27(2)3;/h5-7,11H,4,8-10H2,1-3H3,(H2,23,24,25);1H. The average Bonchev–Trinajstić information content (AvgIpc) is 3.09. The van der Waals surface area contributed by atoms with Gasteiger partial charge in [0.25, 0.3) is 0 Å². The van der Waals surface area contributed by atoms with Crippen molar-refractivity contribution in [2.24, 2.45) is 4.99 Å². The molecule has 0 fully saturated rings. The van der Waals surface area contributed by atoms with Gasteiger partial charge < -0.3 is 15.5 Å². The number of hydrogen-bond acceptors (Lipinski definition) is 4. The molecule has 0 saturated carbocycles. The molecule has 29 heavy (non-hydrogen) atoms. The van der Waals surface area contributed by atoms with Crippen LogP contribution in [0.2, 0.25) is 0 Å². The second-order valence-corrected chi connectivity index (χ2v) is 7.28. The highest BCUT2D eigenvalue weighted by molar-refractivity contribution is 14.0. The fourth-order valence-corrected chi connectivity index (χ4v) is 3.12. The monoisotopic (exact) mass is 545 g/mol. The van der Waals surface area contributed by atoms with Crippen LogP contribution in [-0.2, 0) is 25.8 Å². The van der Waals surface area contributed by atoms with Crippen molar-refractivity contribution in [3.05, 3.63) is 51.2 Å². The van der Waals surface area contributed by atoms with Crippen LogP contribution in [0.3, 0.4) is 0 Å². The molecule has 2 N–H and O–H groups in total. The second kappa shape index (κ2) is 11.6. The number of halogens is 5. The Labute approximate surface area is 188 Å². The van der Waals surface area contributed by atoms with Gasteiger partial charge >= 0.3 is 6.18 Å². The zero-order valence-electron chi connectivity index (χ0n) is 16.3. The Bertz CT molecular complexity index is 808. The Morgan fingerprint density at radius 3 is 2.55 bits per heavy atom. The first-order valence-electron chi connectivity index (χ1n) is 8.65. The number of nitrogens with zero attached hydrogens (tertiary/aromatic N) is 3. The average molecular weight is 545 g/mol. The molecule has 0 saturated heterocycles. The third-order valence-corrected chi connectivity index (χ3v) is 4.46. The number of rotatable bonds is 7. The van der Waals surface area contributed by atoms with Gasteiger partial charge in [0, 0.05) is 24.0 Å². The van der Waals surface area contributed by atoms with Gasteiger partial charge in [-0.3, -0.25) is 0 Å². The van der Waals surface area contributed by atoms with Crippen LogP contribution in [0, 0.1) is 5.82 Å². The summed E-state index contributed by atoms with van der Waals surface area (Å²) in [5, 5.41) is 7.30. The molecule has 2 aromatic rings. The second-order valence-electron chi connectivity index (χ2n) is 6.34. The molecule has 162 valence electrons. The molecule has 2 rings (SSSR count). The van der Waals surface area contributed by atoms with Gasteiger partial charge in [0.2, 0.25) is 0 Å². The molecule has 0 aliphatic rings. The molecule has 0 unspecified atom stereocenters. The molecule has 1 aromatic carbocycles. The summed E-state index contributed by atoms with van der Waals surface area (Å²) in [4.78, 5) is 9.88. The highest BCUT2D eigenvalue weighted by Gasteiger charge is 2.33. The summed E-state index contributed by atoms with van der Waals surface area (Å²) in [5.74, 6) is 0.181. The smallest absolute Gasteiger partial charge is 0.357 e. The number of thiazole rings is 1. The Morgan fingerprint density at radius 1 is 1.24 bits per heavy atom. The summed E-state index contributed by atoms with van der Waals surface area (Å²) in [5.41, 5.74) is 0.526. The summed E-state index contributed by atoms with van der Waals surface area (Å²) in [6.45, 7) is 3.39. The SMILES string of the molecule is CCNC(=NCc1ccc(F)c(CN(C)C)c1)NCc1nc(C(F)(F)F)cs1.I. The predicted molar refractivity (Wildman–Crippen MR) is 118 cm³/mol. The molecule has 0 radical (unpaired) electrons. The lowest BCUT2D eigenvalue weighted by atomic mass is 10.1. The molecule has 0 spiro atoms. The van der Waals surface area contributed by atoms with Gasteiger partial charge in [0.1, 0.15) is 10.8 Å². The van der Waals surface area contributed by atoms with E-state index in [4.69, 9.17) is 0 Å². The summed E-state index contributed by atoms with van der Waals surface area (Å²) in [6, 6.07) is 4.84. The molecule has 0 aliphatic heterocycles. The predicted octanol–water partition coefficient (Wildman–Crippen LogP) is 4.24. The van der Waals surface area contributed by atoms with Crippen molar-refractivity contribution >= 4 is 41.3 Å². The number of nitrogens with one attached hydrogen (secondary N) is 2. The Balaban J connectivity index is 0.00000420. The summed E-state index contributed by atoms with van der Waals surface area (Å²) in [7, 11) is 3.72. The molecule has 1 aromatic heterocycles. The molecule has 0 bridgehead atoms. The molecule has 0 atom stereocenters. The zero-order valence-corrected chi connectivity index (χ0v) is 19.5. The molecule has 1 heterocycles. The minimum absolute atomic E-state index is 0. The number of aliphatic imine (C=N–C) groups is 1. The van der Waals surface area contributed by atoms with E-state index in [0.717, 1.165) is 22.3 Å². The summed E-state index contributed by atoms with van der Waals surface area (Å²) >= 11 is 0.937. The number of benzene rings is 1. The lowest BCUT2D eigenvalue weighted by Gasteiger charge is -2.12. The van der Waals surface area contributed by atoms with Crippen LogP contribution >= 0.6 is 35.3 Å². The van der Waals surface area contributed by atoms with E-state index in [2.05, 4.69) is 20.6 Å². The molecular weight excluding hydrogens is 521 g/mol. The van der Waals surface area contributed by atoms with Crippen molar-refractivity contribution in [2.75, 3.05) is 20.6 Å². The van der Waals surface area contributed by atoms with Crippen LogP contribution < -0.4 is 10.6 Å². The van der Waals surface area contributed by atoms with Gasteiger partial charge in [-0.25, -0.2) is 14.4 Å². The highest BCUT2D eigenvalue weighted by atomic mass is 127. The van der Waals surface area contributed by atoms with Gasteiger partial charge in [-0.15, -0.1) is 35.3 Å². The van der Waals surface area contributed by atoms with Crippen LogP contribution in [0.1, 0.15) is 28.8 Å². The maximum absolute atomic E-state index is 13.9. The Morgan fingerprint density at radius 2 is 1.97 bits per heavy atom. The largest absolute Gasteiger partial charge is 0.434 e. The Hall–Kier alpha value is -1.47. The fraction of sp³-hybridized carbons (Fsp3) is 0.444. The minimum atomic E-state index is -4.44. The van der Waals surface area contributed by atoms with E-state index in [1.807, 2.05) is 25.9 Å². The lowest BCUT2D eigenvalue weighted by molar-refractivity contribution is -0.140. The minimum Gasteiger partial charge on any atom is -0.357 e. The van der Waals surface area contributed by atoms with Crippen LogP contribution in [0.5, 0.6) is 0 Å². The van der Waals surface area contributed by atoms with Crippen molar-refractivity contribution < 1.29 is 17.6 Å². The molecule has 0 amide bonds. The topological polar surface area (TPSA) is 52.6 Å². The van der Waals surface area contributed by atoms with E-state index in [9.17, 15) is 17.6 Å². The maximum Gasteiger partial charge on any atom is 0.434 e. The quantitative estimate of drug-likeness (QED) is 0.237. The maximum atomic E-state index is 13.9. The van der Waals surface area contributed by atoms with E-state index >= 15 is 0 Å². The van der Waals surface area contributed by atoms with Gasteiger partial charge in [-0.05, 0) is 38.7 Å². The van der Waals surface area contributed by atoms with Crippen molar-refractivity contribution in [3.63, 3.8) is 0 Å². The van der Waals surface area contributed by atoms with E-state index in [-0.39, 0.29) is 36.3 Å². The van der Waals surface area contributed by atoms with E-state index in [0.29, 0.717) is 36.2 Å². The van der Waals surface area contributed by atoms with Crippen molar-refractivity contribution in [1.82, 2.24) is 20.5 Å². The van der Waals surface area contributed by atoms with Crippen LogP contribution in [0.25, 0.3) is 0 Å². The van der Waals surface area contributed by atoms with Crippen LogP contribution in [0.4, 0.5) is 17.6 Å². The first-order chi connectivity index (χ1) is 13.2. The zero-order chi connectivity index (χ0) is 20.7. The Kier molecular flexibility index (Phi) is 10.3. The number of hydrogen-bond donors (Lipinski definition) is 2. The molecular formula is C18H24F4IN5S. The van der Waals surface area contributed by atoms with E-state index in [1.165, 1.54) is 6.07 Å². The fourth-order valence-electron chi connectivity index (χ4n) is 2.38. The highest BCUT2D eigenvalue weighted by Crippen LogP contribution is 2.29. The van der Waals surface area contributed by atoms with Crippen LogP contribution in [-0.4, -0.2) is 36.5 Å². The third kappa shape index (κ3) is 8.42. The number of alkyl halides is 3. The van der Waals surface area contributed by atoms with E-state index < -0.39 is 11.9 Å². The van der Waals surface area contributed by atoms with Gasteiger partial charge in [0.15, 0.2) is 11.7 Å². The van der Waals surface area contributed by atoms with Crippen LogP contribution in [0.15, 0.2) is 28.6 Å². The van der Waals surface area contributed by atoms with Crippen molar-refractivity contribution in [1.29, 1.82) is 0 Å². The number of guanidine groups is 1. The van der Waals surface area contributed by atoms with Gasteiger partial charge in [0.05, 0.1) is 13.1 Å². The molecule has 5 nitrogen and oxygen atoms in total. The summed E-state index contributed by atoms with van der Waals surface area (Å²) in [6.07, 6.45) is -4.44.